The van der Waals surface area contributed by atoms with Crippen LogP contribution in [0.15, 0.2) is 71.3 Å². The van der Waals surface area contributed by atoms with Crippen LogP contribution in [0.25, 0.3) is 0 Å². The summed E-state index contributed by atoms with van der Waals surface area (Å²) in [5, 5.41) is 3.08. The number of sulfonamides is 1. The SMILES string of the molecule is O=C(NC1CCCC1OCc1ccccc1)C1=CC2(CCN(S(=O)(=O)c3ccc(F)cc3)CC2)ON1. The molecule has 1 amide bonds. The van der Waals surface area contributed by atoms with Crippen molar-refractivity contribution >= 4 is 15.9 Å². The molecule has 2 fully saturated rings. The summed E-state index contributed by atoms with van der Waals surface area (Å²) in [6.45, 7) is 0.956. The maximum atomic E-state index is 13.2. The molecule has 192 valence electrons. The maximum Gasteiger partial charge on any atom is 0.269 e. The Morgan fingerprint density at radius 3 is 2.56 bits per heavy atom. The minimum absolute atomic E-state index is 0.0501. The first-order valence-corrected chi connectivity index (χ1v) is 13.7. The summed E-state index contributed by atoms with van der Waals surface area (Å²) in [5.74, 6) is -0.743. The van der Waals surface area contributed by atoms with Crippen molar-refractivity contribution in [2.45, 2.75) is 61.4 Å². The molecular weight excluding hydrogens is 485 g/mol. The summed E-state index contributed by atoms with van der Waals surface area (Å²) in [6.07, 6.45) is 5.22. The zero-order chi connectivity index (χ0) is 25.2. The molecule has 2 N–H and O–H groups in total. The Bertz CT molecular complexity index is 1210. The molecule has 1 aliphatic carbocycles. The molecule has 0 bridgehead atoms. The van der Waals surface area contributed by atoms with Gasteiger partial charge in [-0.25, -0.2) is 12.8 Å². The average molecular weight is 516 g/mol. The van der Waals surface area contributed by atoms with Gasteiger partial charge in [0.25, 0.3) is 5.91 Å². The maximum absolute atomic E-state index is 13.2. The van der Waals surface area contributed by atoms with E-state index in [1.165, 1.54) is 16.4 Å². The Morgan fingerprint density at radius 1 is 1.11 bits per heavy atom. The largest absolute Gasteiger partial charge is 0.371 e. The number of nitrogens with one attached hydrogen (secondary N) is 2. The van der Waals surface area contributed by atoms with Crippen LogP contribution < -0.4 is 10.8 Å². The normalized spacial score (nSPS) is 23.9. The topological polar surface area (TPSA) is 97.0 Å². The Hall–Kier alpha value is -2.79. The molecule has 1 saturated heterocycles. The molecule has 2 aromatic carbocycles. The van der Waals surface area contributed by atoms with Crippen molar-refractivity contribution in [2.24, 2.45) is 0 Å². The highest BCUT2D eigenvalue weighted by molar-refractivity contribution is 7.89. The van der Waals surface area contributed by atoms with Gasteiger partial charge < -0.3 is 10.1 Å². The minimum Gasteiger partial charge on any atom is -0.371 e. The van der Waals surface area contributed by atoms with Gasteiger partial charge in [-0.2, -0.15) is 4.31 Å². The number of amides is 1. The lowest BCUT2D eigenvalue weighted by atomic mass is 9.92. The molecule has 8 nitrogen and oxygen atoms in total. The van der Waals surface area contributed by atoms with Crippen LogP contribution in [0.1, 0.15) is 37.7 Å². The van der Waals surface area contributed by atoms with Crippen molar-refractivity contribution < 1.29 is 27.2 Å². The summed E-state index contributed by atoms with van der Waals surface area (Å²) in [7, 11) is -3.73. The highest BCUT2D eigenvalue weighted by Gasteiger charge is 2.43. The lowest BCUT2D eigenvalue weighted by Gasteiger charge is -2.35. The van der Waals surface area contributed by atoms with Crippen molar-refractivity contribution in [1.29, 1.82) is 0 Å². The molecule has 1 spiro atoms. The predicted octanol–water partition coefficient (Wildman–Crippen LogP) is 3.02. The van der Waals surface area contributed by atoms with Gasteiger partial charge in [-0.05, 0) is 68.0 Å². The Kier molecular flexibility index (Phi) is 7.11. The molecule has 36 heavy (non-hydrogen) atoms. The number of hydrogen-bond acceptors (Lipinski definition) is 6. The Balaban J connectivity index is 1.16. The van der Waals surface area contributed by atoms with E-state index in [-0.39, 0.29) is 36.0 Å². The van der Waals surface area contributed by atoms with E-state index >= 15 is 0 Å². The van der Waals surface area contributed by atoms with E-state index in [1.54, 1.807) is 6.08 Å². The van der Waals surface area contributed by atoms with Gasteiger partial charge in [-0.1, -0.05) is 30.3 Å². The van der Waals surface area contributed by atoms with Crippen molar-refractivity contribution in [1.82, 2.24) is 15.1 Å². The fraction of sp³-hybridized carbons (Fsp3) is 0.423. The third-order valence-corrected chi connectivity index (χ3v) is 9.03. The van der Waals surface area contributed by atoms with Gasteiger partial charge in [-0.3, -0.25) is 15.1 Å². The lowest BCUT2D eigenvalue weighted by Crippen LogP contribution is -2.46. The van der Waals surface area contributed by atoms with Crippen LogP contribution in [-0.2, 0) is 31.0 Å². The molecule has 0 aromatic heterocycles. The third-order valence-electron chi connectivity index (χ3n) is 7.11. The summed E-state index contributed by atoms with van der Waals surface area (Å²) in [6, 6.07) is 14.7. The standard InChI is InChI=1S/C26H30FN3O5S/c27-20-9-11-21(12-10-20)36(32,33)30-15-13-26(14-16-30)17-23(29-35-26)25(31)28-22-7-4-8-24(22)34-18-19-5-2-1-3-6-19/h1-3,5-6,9-12,17,22,24,29H,4,7-8,13-16,18H2,(H,28,31). The van der Waals surface area contributed by atoms with E-state index in [0.29, 0.717) is 25.1 Å². The van der Waals surface area contributed by atoms with E-state index in [2.05, 4.69) is 10.8 Å². The van der Waals surface area contributed by atoms with Gasteiger partial charge in [0.05, 0.1) is 23.6 Å². The molecule has 3 aliphatic rings. The molecule has 10 heteroatoms. The first-order valence-electron chi connectivity index (χ1n) is 12.2. The second kappa shape index (κ2) is 10.3. The van der Waals surface area contributed by atoms with E-state index in [1.807, 2.05) is 30.3 Å². The first kappa shape index (κ1) is 24.9. The van der Waals surface area contributed by atoms with Gasteiger partial charge in [0, 0.05) is 13.1 Å². The van der Waals surface area contributed by atoms with Crippen LogP contribution in [0.3, 0.4) is 0 Å². The number of ether oxygens (including phenoxy) is 1. The van der Waals surface area contributed by atoms with Crippen molar-refractivity contribution in [2.75, 3.05) is 13.1 Å². The molecule has 2 unspecified atom stereocenters. The van der Waals surface area contributed by atoms with Crippen LogP contribution in [0.4, 0.5) is 4.39 Å². The highest BCUT2D eigenvalue weighted by atomic mass is 32.2. The second-order valence-electron chi connectivity index (χ2n) is 9.53. The van der Waals surface area contributed by atoms with E-state index in [4.69, 9.17) is 9.57 Å². The van der Waals surface area contributed by atoms with Crippen LogP contribution in [0, 0.1) is 5.82 Å². The number of rotatable bonds is 7. The monoisotopic (exact) mass is 515 g/mol. The number of piperidine rings is 1. The smallest absolute Gasteiger partial charge is 0.269 e. The zero-order valence-corrected chi connectivity index (χ0v) is 20.7. The zero-order valence-electron chi connectivity index (χ0n) is 19.9. The van der Waals surface area contributed by atoms with Gasteiger partial charge in [0.1, 0.15) is 17.1 Å². The molecule has 5 rings (SSSR count). The Labute approximate surface area is 210 Å². The fourth-order valence-corrected chi connectivity index (χ4v) is 6.45. The van der Waals surface area contributed by atoms with Crippen molar-refractivity contribution in [3.8, 4) is 0 Å². The van der Waals surface area contributed by atoms with E-state index in [0.717, 1.165) is 37.0 Å². The van der Waals surface area contributed by atoms with Crippen LogP contribution >= 0.6 is 0 Å². The van der Waals surface area contributed by atoms with Gasteiger partial charge in [0.15, 0.2) is 0 Å². The molecule has 2 heterocycles. The summed E-state index contributed by atoms with van der Waals surface area (Å²) >= 11 is 0. The van der Waals surface area contributed by atoms with Gasteiger partial charge >= 0.3 is 0 Å². The third kappa shape index (κ3) is 5.31. The number of nitrogens with zero attached hydrogens (tertiary/aromatic N) is 1. The molecular formula is C26H30FN3O5S. The highest BCUT2D eigenvalue weighted by Crippen LogP contribution is 2.34. The van der Waals surface area contributed by atoms with Crippen molar-refractivity contribution in [3.05, 3.63) is 77.8 Å². The second-order valence-corrected chi connectivity index (χ2v) is 11.5. The molecule has 2 atom stereocenters. The van der Waals surface area contributed by atoms with Gasteiger partial charge in [-0.15, -0.1) is 0 Å². The summed E-state index contributed by atoms with van der Waals surface area (Å²) in [5.41, 5.74) is 3.43. The number of benzene rings is 2. The average Bonchev–Trinajstić information content (AvgIpc) is 3.51. The minimum atomic E-state index is -3.73. The van der Waals surface area contributed by atoms with Crippen LogP contribution in [0.5, 0.6) is 0 Å². The Morgan fingerprint density at radius 2 is 1.83 bits per heavy atom. The summed E-state index contributed by atoms with van der Waals surface area (Å²) < 4.78 is 46.5. The predicted molar refractivity (Wildman–Crippen MR) is 130 cm³/mol. The van der Waals surface area contributed by atoms with Crippen molar-refractivity contribution in [3.63, 3.8) is 0 Å². The van der Waals surface area contributed by atoms with E-state index < -0.39 is 21.4 Å². The van der Waals surface area contributed by atoms with Crippen LogP contribution in [0.2, 0.25) is 0 Å². The number of hydroxylamine groups is 1. The number of hydrogen-bond donors (Lipinski definition) is 2. The molecule has 2 aromatic rings. The number of carbonyl (C=O) groups is 1. The molecule has 1 saturated carbocycles. The molecule has 0 radical (unpaired) electrons. The van der Waals surface area contributed by atoms with Gasteiger partial charge in [0.2, 0.25) is 10.0 Å². The quantitative estimate of drug-likeness (QED) is 0.589. The van der Waals surface area contributed by atoms with Crippen LogP contribution in [-0.4, -0.2) is 49.5 Å². The summed E-state index contributed by atoms with van der Waals surface area (Å²) in [4.78, 5) is 18.8. The van der Waals surface area contributed by atoms with E-state index in [9.17, 15) is 17.6 Å². The first-order chi connectivity index (χ1) is 17.3. The number of halogens is 1. The molecule has 2 aliphatic heterocycles. The lowest BCUT2D eigenvalue weighted by molar-refractivity contribution is -0.121. The fourth-order valence-electron chi connectivity index (χ4n) is 5.01. The number of carbonyl (C=O) groups excluding carboxylic acids is 1.